The fourth-order valence-electron chi connectivity index (χ4n) is 4.38. The second-order valence-corrected chi connectivity index (χ2v) is 9.02. The fourth-order valence-corrected chi connectivity index (χ4v) is 4.38. The largest absolute Gasteiger partial charge is 0.370 e. The van der Waals surface area contributed by atoms with Gasteiger partial charge in [-0.15, -0.1) is 0 Å². The minimum absolute atomic E-state index is 0.198. The van der Waals surface area contributed by atoms with E-state index in [1.807, 2.05) is 0 Å². The van der Waals surface area contributed by atoms with E-state index in [0.717, 1.165) is 6.54 Å². The minimum atomic E-state index is 0.198. The van der Waals surface area contributed by atoms with Crippen LogP contribution in [0.1, 0.15) is 86.0 Å². The standard InChI is InChI=1S/C18H35NO/c1-16(2,3)14-17(4,5)19-13-15-9-12-18(20-15)10-7-6-8-11-18/h15,19H,6-14H2,1-5H3. The topological polar surface area (TPSA) is 21.3 Å². The van der Waals surface area contributed by atoms with Crippen LogP contribution in [0.5, 0.6) is 0 Å². The van der Waals surface area contributed by atoms with E-state index in [0.29, 0.717) is 11.5 Å². The van der Waals surface area contributed by atoms with Crippen molar-refractivity contribution in [2.75, 3.05) is 6.54 Å². The quantitative estimate of drug-likeness (QED) is 0.808. The molecule has 118 valence electrons. The van der Waals surface area contributed by atoms with E-state index < -0.39 is 0 Å². The van der Waals surface area contributed by atoms with Crippen LogP contribution in [0.4, 0.5) is 0 Å². The molecule has 1 atom stereocenters. The van der Waals surface area contributed by atoms with Gasteiger partial charge in [0.2, 0.25) is 0 Å². The highest BCUT2D eigenvalue weighted by molar-refractivity contribution is 4.93. The van der Waals surface area contributed by atoms with Crippen LogP contribution >= 0.6 is 0 Å². The molecule has 0 bridgehead atoms. The molecule has 0 aromatic rings. The molecule has 2 nitrogen and oxygen atoms in total. The van der Waals surface area contributed by atoms with Crippen molar-refractivity contribution in [3.05, 3.63) is 0 Å². The van der Waals surface area contributed by atoms with Gasteiger partial charge in [0.1, 0.15) is 0 Å². The van der Waals surface area contributed by atoms with E-state index in [1.54, 1.807) is 0 Å². The maximum absolute atomic E-state index is 6.45. The molecule has 0 amide bonds. The Hall–Kier alpha value is -0.0800. The summed E-state index contributed by atoms with van der Waals surface area (Å²) in [7, 11) is 0. The average Bonchev–Trinajstić information content (AvgIpc) is 2.68. The first-order valence-corrected chi connectivity index (χ1v) is 8.63. The van der Waals surface area contributed by atoms with Crippen molar-refractivity contribution in [2.45, 2.75) is 103 Å². The van der Waals surface area contributed by atoms with Crippen LogP contribution in [0.2, 0.25) is 0 Å². The van der Waals surface area contributed by atoms with Crippen LogP contribution in [-0.4, -0.2) is 23.8 Å². The van der Waals surface area contributed by atoms with Gasteiger partial charge >= 0.3 is 0 Å². The SMILES string of the molecule is CC(C)(C)CC(C)(C)NCC1CCC2(CCCCC2)O1. The molecule has 0 radical (unpaired) electrons. The summed E-state index contributed by atoms with van der Waals surface area (Å²) < 4.78 is 6.45. The van der Waals surface area contributed by atoms with E-state index in [-0.39, 0.29) is 11.1 Å². The maximum Gasteiger partial charge on any atom is 0.0708 e. The first-order chi connectivity index (χ1) is 9.20. The Kier molecular flexibility index (Phi) is 4.86. The lowest BCUT2D eigenvalue weighted by molar-refractivity contribution is -0.0642. The predicted octanol–water partition coefficient (Wildman–Crippen LogP) is 4.67. The van der Waals surface area contributed by atoms with Crippen molar-refractivity contribution in [3.63, 3.8) is 0 Å². The number of ether oxygens (including phenoxy) is 1. The van der Waals surface area contributed by atoms with Crippen LogP contribution in [-0.2, 0) is 4.74 Å². The Labute approximate surface area is 126 Å². The van der Waals surface area contributed by atoms with Gasteiger partial charge in [0.25, 0.3) is 0 Å². The van der Waals surface area contributed by atoms with Crippen LogP contribution in [0, 0.1) is 5.41 Å². The summed E-state index contributed by atoms with van der Waals surface area (Å²) >= 11 is 0. The molecule has 1 unspecified atom stereocenters. The van der Waals surface area contributed by atoms with Gasteiger partial charge in [0, 0.05) is 12.1 Å². The maximum atomic E-state index is 6.45. The fraction of sp³-hybridized carbons (Fsp3) is 1.00. The van der Waals surface area contributed by atoms with E-state index in [2.05, 4.69) is 39.9 Å². The molecular weight excluding hydrogens is 246 g/mol. The summed E-state index contributed by atoms with van der Waals surface area (Å²) in [6.07, 6.45) is 10.9. The normalized spacial score (nSPS) is 27.1. The molecule has 1 aliphatic heterocycles. The van der Waals surface area contributed by atoms with E-state index in [4.69, 9.17) is 4.74 Å². The molecule has 2 fully saturated rings. The Morgan fingerprint density at radius 1 is 1.00 bits per heavy atom. The summed E-state index contributed by atoms with van der Waals surface area (Å²) in [5.74, 6) is 0. The molecule has 2 aliphatic rings. The van der Waals surface area contributed by atoms with E-state index in [9.17, 15) is 0 Å². The predicted molar refractivity (Wildman–Crippen MR) is 86.1 cm³/mol. The lowest BCUT2D eigenvalue weighted by Gasteiger charge is -2.36. The highest BCUT2D eigenvalue weighted by atomic mass is 16.5. The number of hydrogen-bond acceptors (Lipinski definition) is 2. The van der Waals surface area contributed by atoms with Crippen molar-refractivity contribution in [1.82, 2.24) is 5.32 Å². The Morgan fingerprint density at radius 3 is 2.25 bits per heavy atom. The average molecular weight is 281 g/mol. The summed E-state index contributed by atoms with van der Waals surface area (Å²) in [5, 5.41) is 3.75. The molecule has 2 heteroatoms. The van der Waals surface area contributed by atoms with Gasteiger partial charge < -0.3 is 10.1 Å². The Balaban J connectivity index is 1.78. The Morgan fingerprint density at radius 2 is 1.65 bits per heavy atom. The van der Waals surface area contributed by atoms with Gasteiger partial charge in [-0.1, -0.05) is 40.0 Å². The Bertz CT molecular complexity index is 310. The van der Waals surface area contributed by atoms with Crippen LogP contribution in [0.25, 0.3) is 0 Å². The van der Waals surface area contributed by atoms with Gasteiger partial charge in [-0.05, 0) is 51.4 Å². The minimum Gasteiger partial charge on any atom is -0.370 e. The van der Waals surface area contributed by atoms with Crippen molar-refractivity contribution in [3.8, 4) is 0 Å². The molecule has 1 saturated heterocycles. The molecule has 1 aliphatic carbocycles. The number of hydrogen-bond donors (Lipinski definition) is 1. The zero-order valence-electron chi connectivity index (χ0n) is 14.3. The third kappa shape index (κ3) is 4.73. The van der Waals surface area contributed by atoms with Crippen LogP contribution in [0.15, 0.2) is 0 Å². The van der Waals surface area contributed by atoms with Crippen LogP contribution < -0.4 is 5.32 Å². The third-order valence-electron chi connectivity index (χ3n) is 4.88. The molecule has 20 heavy (non-hydrogen) atoms. The third-order valence-corrected chi connectivity index (χ3v) is 4.88. The molecule has 1 N–H and O–H groups in total. The molecule has 1 saturated carbocycles. The summed E-state index contributed by atoms with van der Waals surface area (Å²) in [5.41, 5.74) is 0.834. The molecule has 0 aromatic carbocycles. The molecule has 1 spiro atoms. The lowest BCUT2D eigenvalue weighted by atomic mass is 9.81. The van der Waals surface area contributed by atoms with Crippen molar-refractivity contribution in [2.24, 2.45) is 5.41 Å². The zero-order chi connectivity index (χ0) is 14.9. The van der Waals surface area contributed by atoms with E-state index >= 15 is 0 Å². The van der Waals surface area contributed by atoms with E-state index in [1.165, 1.54) is 51.4 Å². The highest BCUT2D eigenvalue weighted by Gasteiger charge is 2.41. The molecule has 2 rings (SSSR count). The molecular formula is C18H35NO. The first-order valence-electron chi connectivity index (χ1n) is 8.63. The number of rotatable bonds is 4. The lowest BCUT2D eigenvalue weighted by Crippen LogP contribution is -2.46. The van der Waals surface area contributed by atoms with Crippen molar-refractivity contribution < 1.29 is 4.74 Å². The first kappa shape index (κ1) is 16.3. The van der Waals surface area contributed by atoms with Crippen LogP contribution in [0.3, 0.4) is 0 Å². The second-order valence-electron chi connectivity index (χ2n) is 9.02. The zero-order valence-corrected chi connectivity index (χ0v) is 14.3. The number of nitrogens with one attached hydrogen (secondary N) is 1. The highest BCUT2D eigenvalue weighted by Crippen LogP contribution is 2.41. The van der Waals surface area contributed by atoms with Gasteiger partial charge in [-0.25, -0.2) is 0 Å². The molecule has 0 aromatic heterocycles. The van der Waals surface area contributed by atoms with Gasteiger partial charge in [0.15, 0.2) is 0 Å². The summed E-state index contributed by atoms with van der Waals surface area (Å²) in [4.78, 5) is 0. The van der Waals surface area contributed by atoms with Crippen molar-refractivity contribution >= 4 is 0 Å². The van der Waals surface area contributed by atoms with Gasteiger partial charge in [-0.2, -0.15) is 0 Å². The van der Waals surface area contributed by atoms with Gasteiger partial charge in [-0.3, -0.25) is 0 Å². The summed E-state index contributed by atoms with van der Waals surface area (Å²) in [6, 6.07) is 0. The monoisotopic (exact) mass is 281 g/mol. The molecule has 1 heterocycles. The van der Waals surface area contributed by atoms with Crippen molar-refractivity contribution in [1.29, 1.82) is 0 Å². The second kappa shape index (κ2) is 5.96. The smallest absolute Gasteiger partial charge is 0.0708 e. The van der Waals surface area contributed by atoms with Gasteiger partial charge in [0.05, 0.1) is 11.7 Å². The summed E-state index contributed by atoms with van der Waals surface area (Å²) in [6.45, 7) is 12.6.